The summed E-state index contributed by atoms with van der Waals surface area (Å²) in [6, 6.07) is 12.1. The van der Waals surface area contributed by atoms with Gasteiger partial charge in [0.25, 0.3) is 0 Å². The van der Waals surface area contributed by atoms with E-state index in [4.69, 9.17) is 21.4 Å². The van der Waals surface area contributed by atoms with Gasteiger partial charge in [0.2, 0.25) is 0 Å². The lowest BCUT2D eigenvalue weighted by Crippen LogP contribution is -2.41. The molecule has 1 fully saturated rings. The van der Waals surface area contributed by atoms with Crippen LogP contribution in [-0.2, 0) is 10.2 Å². The van der Waals surface area contributed by atoms with E-state index >= 15 is 0 Å². The van der Waals surface area contributed by atoms with E-state index in [9.17, 15) is 0 Å². The highest BCUT2D eigenvalue weighted by molar-refractivity contribution is 6.31. The average molecular weight is 415 g/mol. The maximum Gasteiger partial charge on any atom is 0.178 e. The smallest absolute Gasteiger partial charge is 0.178 e. The molecule has 0 spiro atoms. The molecule has 2 aromatic heterocycles. The third-order valence-corrected chi connectivity index (χ3v) is 5.51. The minimum absolute atomic E-state index is 0.132. The van der Waals surface area contributed by atoms with Gasteiger partial charge in [-0.3, -0.25) is 4.90 Å². The van der Waals surface area contributed by atoms with Crippen LogP contribution in [0.5, 0.6) is 0 Å². The number of halogens is 1. The maximum atomic E-state index is 6.53. The molecular formula is C21H27ClN6O. The zero-order valence-electron chi connectivity index (χ0n) is 17.1. The van der Waals surface area contributed by atoms with Crippen LogP contribution in [0.4, 0.5) is 5.82 Å². The molecule has 1 unspecified atom stereocenters. The fourth-order valence-corrected chi connectivity index (χ4v) is 3.88. The third-order valence-electron chi connectivity index (χ3n) is 5.16. The van der Waals surface area contributed by atoms with Crippen LogP contribution in [0, 0.1) is 0 Å². The molecular weight excluding hydrogens is 388 g/mol. The Bertz CT molecular complexity index is 977. The first-order chi connectivity index (χ1) is 13.9. The Morgan fingerprint density at radius 3 is 2.59 bits per heavy atom. The molecule has 0 bridgehead atoms. The second-order valence-electron chi connectivity index (χ2n) is 8.33. The first-order valence-electron chi connectivity index (χ1n) is 9.96. The Balaban J connectivity index is 1.59. The van der Waals surface area contributed by atoms with E-state index in [1.807, 2.05) is 34.8 Å². The van der Waals surface area contributed by atoms with Gasteiger partial charge in [0.15, 0.2) is 11.5 Å². The fourth-order valence-electron chi connectivity index (χ4n) is 3.62. The van der Waals surface area contributed by atoms with Gasteiger partial charge in [0.1, 0.15) is 5.82 Å². The number of benzene rings is 1. The number of ether oxygens (including phenoxy) is 1. The van der Waals surface area contributed by atoms with Crippen molar-refractivity contribution in [3.05, 3.63) is 52.8 Å². The number of nitrogens with zero attached hydrogens (tertiary/aromatic N) is 5. The topological polar surface area (TPSA) is 67.6 Å². The van der Waals surface area contributed by atoms with Gasteiger partial charge in [-0.1, -0.05) is 50.6 Å². The van der Waals surface area contributed by atoms with Crippen LogP contribution in [0.3, 0.4) is 0 Å². The zero-order valence-corrected chi connectivity index (χ0v) is 17.9. The number of hydrogen-bond donors (Lipinski definition) is 1. The van der Waals surface area contributed by atoms with Crippen LogP contribution < -0.4 is 5.32 Å². The van der Waals surface area contributed by atoms with Crippen molar-refractivity contribution in [1.29, 1.82) is 0 Å². The number of anilines is 1. The number of rotatable bonds is 5. The first kappa shape index (κ1) is 20.1. The summed E-state index contributed by atoms with van der Waals surface area (Å²) in [6.45, 7) is 10.2. The maximum absolute atomic E-state index is 6.53. The molecule has 3 aromatic rings. The van der Waals surface area contributed by atoms with Crippen LogP contribution in [0.25, 0.3) is 5.65 Å². The van der Waals surface area contributed by atoms with Gasteiger partial charge in [0.05, 0.1) is 19.3 Å². The SMILES string of the molecule is CC(C)(C)c1nnc2ccc(NCC(c3ccccc3Cl)N3CCOCC3)nn12. The highest BCUT2D eigenvalue weighted by Gasteiger charge is 2.25. The molecule has 8 heteroatoms. The molecule has 29 heavy (non-hydrogen) atoms. The van der Waals surface area contributed by atoms with Crippen LogP contribution in [-0.4, -0.2) is 57.6 Å². The Kier molecular flexibility index (Phi) is 5.72. The Morgan fingerprint density at radius 2 is 1.86 bits per heavy atom. The number of fused-ring (bicyclic) bond motifs is 1. The third kappa shape index (κ3) is 4.37. The monoisotopic (exact) mass is 414 g/mol. The van der Waals surface area contributed by atoms with Gasteiger partial charge in [-0.2, -0.15) is 4.52 Å². The van der Waals surface area contributed by atoms with E-state index in [0.29, 0.717) is 6.54 Å². The molecule has 1 aromatic carbocycles. The van der Waals surface area contributed by atoms with Crippen molar-refractivity contribution in [2.75, 3.05) is 38.2 Å². The summed E-state index contributed by atoms with van der Waals surface area (Å²) in [4.78, 5) is 2.41. The van der Waals surface area contributed by atoms with Crippen molar-refractivity contribution in [3.8, 4) is 0 Å². The summed E-state index contributed by atoms with van der Waals surface area (Å²) >= 11 is 6.53. The molecule has 7 nitrogen and oxygen atoms in total. The van der Waals surface area contributed by atoms with E-state index in [1.165, 1.54) is 0 Å². The zero-order chi connectivity index (χ0) is 20.4. The van der Waals surface area contributed by atoms with E-state index in [-0.39, 0.29) is 11.5 Å². The number of nitrogens with one attached hydrogen (secondary N) is 1. The normalized spacial score (nSPS) is 16.8. The standard InChI is InChI=1S/C21H27ClN6O/c1-21(2,3)20-25-24-19-9-8-18(26-28(19)20)23-14-17(27-10-12-29-13-11-27)15-6-4-5-7-16(15)22/h4-9,17H,10-14H2,1-3H3,(H,23,26). The number of aromatic nitrogens is 4. The van der Waals surface area contributed by atoms with Gasteiger partial charge in [0, 0.05) is 30.1 Å². The van der Waals surface area contributed by atoms with E-state index in [0.717, 1.165) is 54.2 Å². The summed E-state index contributed by atoms with van der Waals surface area (Å²) in [5, 5.41) is 17.6. The van der Waals surface area contributed by atoms with Crippen molar-refractivity contribution >= 4 is 23.1 Å². The largest absolute Gasteiger partial charge is 0.379 e. The van der Waals surface area contributed by atoms with Gasteiger partial charge in [-0.05, 0) is 23.8 Å². The van der Waals surface area contributed by atoms with Gasteiger partial charge >= 0.3 is 0 Å². The molecule has 1 aliphatic heterocycles. The molecule has 0 amide bonds. The van der Waals surface area contributed by atoms with E-state index < -0.39 is 0 Å². The summed E-state index contributed by atoms with van der Waals surface area (Å²) in [5.41, 5.74) is 1.72. The summed E-state index contributed by atoms with van der Waals surface area (Å²) in [6.07, 6.45) is 0. The Morgan fingerprint density at radius 1 is 1.10 bits per heavy atom. The summed E-state index contributed by atoms with van der Waals surface area (Å²) < 4.78 is 7.36. The lowest BCUT2D eigenvalue weighted by molar-refractivity contribution is 0.0187. The van der Waals surface area contributed by atoms with Crippen LogP contribution in [0.2, 0.25) is 5.02 Å². The molecule has 0 aliphatic carbocycles. The second kappa shape index (κ2) is 8.26. The minimum atomic E-state index is -0.140. The summed E-state index contributed by atoms with van der Waals surface area (Å²) in [5.74, 6) is 1.63. The molecule has 0 radical (unpaired) electrons. The molecule has 0 saturated carbocycles. The van der Waals surface area contributed by atoms with Crippen molar-refractivity contribution in [2.45, 2.75) is 32.2 Å². The summed E-state index contributed by atoms with van der Waals surface area (Å²) in [7, 11) is 0. The predicted molar refractivity (Wildman–Crippen MR) is 115 cm³/mol. The number of hydrogen-bond acceptors (Lipinski definition) is 6. The Labute approximate surface area is 176 Å². The molecule has 1 aliphatic rings. The fraction of sp³-hybridized carbons (Fsp3) is 0.476. The molecule has 154 valence electrons. The van der Waals surface area contributed by atoms with Crippen molar-refractivity contribution in [3.63, 3.8) is 0 Å². The van der Waals surface area contributed by atoms with E-state index in [2.05, 4.69) is 47.3 Å². The van der Waals surface area contributed by atoms with Crippen LogP contribution >= 0.6 is 11.6 Å². The molecule has 1 saturated heterocycles. The van der Waals surface area contributed by atoms with Gasteiger partial charge in [-0.15, -0.1) is 15.3 Å². The average Bonchev–Trinajstić information content (AvgIpc) is 3.14. The molecule has 4 rings (SSSR count). The Hall–Kier alpha value is -2.22. The van der Waals surface area contributed by atoms with Crippen LogP contribution in [0.1, 0.15) is 38.2 Å². The van der Waals surface area contributed by atoms with Gasteiger partial charge in [-0.25, -0.2) is 0 Å². The predicted octanol–water partition coefficient (Wildman–Crippen LogP) is 3.56. The van der Waals surface area contributed by atoms with Crippen molar-refractivity contribution in [1.82, 2.24) is 24.7 Å². The van der Waals surface area contributed by atoms with Crippen molar-refractivity contribution < 1.29 is 4.74 Å². The lowest BCUT2D eigenvalue weighted by atomic mass is 9.96. The van der Waals surface area contributed by atoms with Crippen molar-refractivity contribution in [2.24, 2.45) is 0 Å². The van der Waals surface area contributed by atoms with Gasteiger partial charge < -0.3 is 10.1 Å². The molecule has 1 N–H and O–H groups in total. The quantitative estimate of drug-likeness (QED) is 0.688. The minimum Gasteiger partial charge on any atom is -0.379 e. The second-order valence-corrected chi connectivity index (χ2v) is 8.74. The highest BCUT2D eigenvalue weighted by Crippen LogP contribution is 2.28. The highest BCUT2D eigenvalue weighted by atomic mass is 35.5. The number of morpholine rings is 1. The lowest BCUT2D eigenvalue weighted by Gasteiger charge is -2.35. The van der Waals surface area contributed by atoms with Crippen LogP contribution in [0.15, 0.2) is 36.4 Å². The molecule has 3 heterocycles. The first-order valence-corrected chi connectivity index (χ1v) is 10.3. The molecule has 1 atom stereocenters. The van der Waals surface area contributed by atoms with E-state index in [1.54, 1.807) is 0 Å².